The van der Waals surface area contributed by atoms with E-state index in [1.807, 2.05) is 0 Å². The predicted molar refractivity (Wildman–Crippen MR) is 86.5 cm³/mol. The lowest BCUT2D eigenvalue weighted by Crippen LogP contribution is -2.48. The van der Waals surface area contributed by atoms with Gasteiger partial charge in [0.25, 0.3) is 0 Å². The topological polar surface area (TPSA) is 42.0 Å². The summed E-state index contributed by atoms with van der Waals surface area (Å²) < 4.78 is 12.0. The molecule has 1 heterocycles. The van der Waals surface area contributed by atoms with Crippen molar-refractivity contribution >= 4 is 8.32 Å². The Kier molecular flexibility index (Phi) is 6.70. The van der Waals surface area contributed by atoms with E-state index in [0.29, 0.717) is 22.5 Å². The van der Waals surface area contributed by atoms with Gasteiger partial charge in [0.05, 0.1) is 12.7 Å². The number of aliphatic hydroxyl groups excluding tert-OH is 1. The zero-order valence-corrected chi connectivity index (χ0v) is 15.3. The van der Waals surface area contributed by atoms with Crippen LogP contribution in [-0.2, 0) is 9.16 Å². The summed E-state index contributed by atoms with van der Waals surface area (Å²) in [4.78, 5) is 0. The van der Waals surface area contributed by atoms with E-state index in [-0.39, 0.29) is 18.8 Å². The summed E-state index contributed by atoms with van der Waals surface area (Å²) >= 11 is 0. The molecule has 0 unspecified atom stereocenters. The molecule has 0 bridgehead atoms. The smallest absolute Gasteiger partial charge is 0.200 e. The summed E-state index contributed by atoms with van der Waals surface area (Å²) in [7, 11) is -1.74. The van der Waals surface area contributed by atoms with Crippen LogP contribution in [0.25, 0.3) is 0 Å². The van der Waals surface area contributed by atoms with E-state index in [1.165, 1.54) is 0 Å². The Morgan fingerprint density at radius 3 is 1.80 bits per heavy atom. The second-order valence-corrected chi connectivity index (χ2v) is 12.8. The number of epoxide rings is 1. The molecule has 1 fully saturated rings. The van der Waals surface area contributed by atoms with Gasteiger partial charge in [-0.25, -0.2) is 0 Å². The van der Waals surface area contributed by atoms with Gasteiger partial charge < -0.3 is 14.3 Å². The second kappa shape index (κ2) is 7.39. The fourth-order valence-electron chi connectivity index (χ4n) is 3.80. The van der Waals surface area contributed by atoms with E-state index in [2.05, 4.69) is 48.5 Å². The third-order valence-corrected chi connectivity index (χ3v) is 10.9. The molecule has 0 saturated carbocycles. The molecule has 20 heavy (non-hydrogen) atoms. The molecular formula is C16H34O3Si. The molecule has 0 aliphatic carbocycles. The summed E-state index contributed by atoms with van der Waals surface area (Å²) in [5.74, 6) is 0.500. The van der Waals surface area contributed by atoms with Crippen molar-refractivity contribution in [3.05, 3.63) is 0 Å². The van der Waals surface area contributed by atoms with Gasteiger partial charge in [-0.3, -0.25) is 0 Å². The summed E-state index contributed by atoms with van der Waals surface area (Å²) in [6, 6.07) is 0. The van der Waals surface area contributed by atoms with E-state index in [9.17, 15) is 0 Å². The van der Waals surface area contributed by atoms with Crippen LogP contribution < -0.4 is 0 Å². The zero-order valence-electron chi connectivity index (χ0n) is 14.3. The van der Waals surface area contributed by atoms with Gasteiger partial charge in [0.1, 0.15) is 6.10 Å². The molecule has 3 atom stereocenters. The molecule has 3 nitrogen and oxygen atoms in total. The SMILES string of the molecule is CC(C)[Si](OC[C@@H](C)C[C@H]1O[C@@H]1CO)(C(C)C)C(C)C. The van der Waals surface area contributed by atoms with Crippen molar-refractivity contribution in [2.75, 3.05) is 13.2 Å². The first-order valence-corrected chi connectivity index (χ1v) is 10.3. The fraction of sp³-hybridized carbons (Fsp3) is 1.00. The molecular weight excluding hydrogens is 268 g/mol. The molecule has 1 saturated heterocycles. The first kappa shape index (κ1) is 18.1. The van der Waals surface area contributed by atoms with Gasteiger partial charge >= 0.3 is 0 Å². The highest BCUT2D eigenvalue weighted by atomic mass is 28.4. The second-order valence-electron chi connectivity index (χ2n) is 7.37. The Bertz CT molecular complexity index is 270. The zero-order chi connectivity index (χ0) is 15.5. The minimum atomic E-state index is -1.74. The molecule has 0 aromatic carbocycles. The highest BCUT2D eigenvalue weighted by molar-refractivity contribution is 6.77. The third-order valence-electron chi connectivity index (χ3n) is 4.83. The average Bonchev–Trinajstić information content (AvgIpc) is 3.06. The minimum absolute atomic E-state index is 0.0831. The molecule has 0 aromatic rings. The summed E-state index contributed by atoms with van der Waals surface area (Å²) in [5, 5.41) is 9.02. The Morgan fingerprint density at radius 1 is 0.950 bits per heavy atom. The molecule has 1 aliphatic rings. The van der Waals surface area contributed by atoms with E-state index in [1.54, 1.807) is 0 Å². The van der Waals surface area contributed by atoms with Gasteiger partial charge in [-0.1, -0.05) is 48.5 Å². The Labute approximate surface area is 126 Å². The van der Waals surface area contributed by atoms with E-state index >= 15 is 0 Å². The van der Waals surface area contributed by atoms with Gasteiger partial charge in [-0.05, 0) is 29.0 Å². The van der Waals surface area contributed by atoms with E-state index in [0.717, 1.165) is 13.0 Å². The van der Waals surface area contributed by atoms with Gasteiger partial charge in [-0.15, -0.1) is 0 Å². The lowest BCUT2D eigenvalue weighted by atomic mass is 10.1. The van der Waals surface area contributed by atoms with Crippen LogP contribution in [0.3, 0.4) is 0 Å². The van der Waals surface area contributed by atoms with E-state index in [4.69, 9.17) is 14.3 Å². The van der Waals surface area contributed by atoms with Crippen LogP contribution in [0, 0.1) is 5.92 Å². The molecule has 1 N–H and O–H groups in total. The summed E-state index contributed by atoms with van der Waals surface area (Å²) in [6.07, 6.45) is 1.34. The largest absolute Gasteiger partial charge is 0.416 e. The van der Waals surface area contributed by atoms with Crippen LogP contribution in [-0.4, -0.2) is 38.8 Å². The summed E-state index contributed by atoms with van der Waals surface area (Å²) in [5.41, 5.74) is 1.91. The van der Waals surface area contributed by atoms with Crippen molar-refractivity contribution in [1.82, 2.24) is 0 Å². The highest BCUT2D eigenvalue weighted by Crippen LogP contribution is 2.42. The summed E-state index contributed by atoms with van der Waals surface area (Å²) in [6.45, 7) is 17.2. The normalized spacial score (nSPS) is 24.8. The number of hydrogen-bond donors (Lipinski definition) is 1. The minimum Gasteiger partial charge on any atom is -0.416 e. The van der Waals surface area contributed by atoms with Crippen LogP contribution in [0.1, 0.15) is 54.9 Å². The number of ether oxygens (including phenoxy) is 1. The molecule has 120 valence electrons. The van der Waals surface area contributed by atoms with Crippen LogP contribution in [0.5, 0.6) is 0 Å². The van der Waals surface area contributed by atoms with Crippen molar-refractivity contribution in [3.63, 3.8) is 0 Å². The lowest BCUT2D eigenvalue weighted by molar-refractivity contribution is 0.211. The Morgan fingerprint density at radius 2 is 1.45 bits per heavy atom. The Balaban J connectivity index is 2.54. The van der Waals surface area contributed by atoms with Crippen molar-refractivity contribution in [2.24, 2.45) is 5.92 Å². The van der Waals surface area contributed by atoms with Gasteiger partial charge in [0.2, 0.25) is 0 Å². The number of rotatable bonds is 9. The third kappa shape index (κ3) is 4.06. The molecule has 4 heteroatoms. The van der Waals surface area contributed by atoms with Crippen LogP contribution in [0.15, 0.2) is 0 Å². The molecule has 0 aromatic heterocycles. The van der Waals surface area contributed by atoms with Crippen LogP contribution in [0.4, 0.5) is 0 Å². The average molecular weight is 303 g/mol. The molecule has 0 amide bonds. The number of aliphatic hydroxyl groups is 1. The van der Waals surface area contributed by atoms with Gasteiger partial charge in [0.15, 0.2) is 8.32 Å². The van der Waals surface area contributed by atoms with Crippen molar-refractivity contribution in [1.29, 1.82) is 0 Å². The molecule has 0 radical (unpaired) electrons. The van der Waals surface area contributed by atoms with Crippen molar-refractivity contribution in [2.45, 2.75) is 83.7 Å². The van der Waals surface area contributed by atoms with Gasteiger partial charge in [0, 0.05) is 6.61 Å². The maximum absolute atomic E-state index is 9.02. The molecule has 1 aliphatic heterocycles. The molecule has 1 rings (SSSR count). The number of hydrogen-bond acceptors (Lipinski definition) is 3. The van der Waals surface area contributed by atoms with Crippen LogP contribution >= 0.6 is 0 Å². The monoisotopic (exact) mass is 302 g/mol. The quantitative estimate of drug-likeness (QED) is 0.518. The van der Waals surface area contributed by atoms with Gasteiger partial charge in [-0.2, -0.15) is 0 Å². The van der Waals surface area contributed by atoms with Crippen LogP contribution in [0.2, 0.25) is 16.6 Å². The van der Waals surface area contributed by atoms with Crippen molar-refractivity contribution < 1.29 is 14.3 Å². The van der Waals surface area contributed by atoms with Crippen molar-refractivity contribution in [3.8, 4) is 0 Å². The fourth-order valence-corrected chi connectivity index (χ4v) is 9.37. The maximum atomic E-state index is 9.02. The standard InChI is InChI=1S/C16H34O3Si/c1-11(2)20(12(3)4,13(5)6)18-10-14(7)8-15-16(9-17)19-15/h11-17H,8-10H2,1-7H3/t14-,15+,16+/m0/s1. The van der Waals surface area contributed by atoms with E-state index < -0.39 is 8.32 Å². The predicted octanol–water partition coefficient (Wildman–Crippen LogP) is 3.96. The lowest BCUT2D eigenvalue weighted by Gasteiger charge is -2.42. The Hall–Kier alpha value is 0.0969. The highest BCUT2D eigenvalue weighted by Gasteiger charge is 2.45. The maximum Gasteiger partial charge on any atom is 0.200 e. The first-order valence-electron chi connectivity index (χ1n) is 8.15. The molecule has 0 spiro atoms. The first-order chi connectivity index (χ1) is 9.25.